The smallest absolute Gasteiger partial charge is 0.143 e. The molecule has 1 unspecified atom stereocenters. The van der Waals surface area contributed by atoms with Crippen LogP contribution in [0.4, 0.5) is 8.78 Å². The Hall–Kier alpha value is -0.480. The van der Waals surface area contributed by atoms with Gasteiger partial charge in [-0.2, -0.15) is 0 Å². The van der Waals surface area contributed by atoms with E-state index in [-0.39, 0.29) is 11.5 Å². The van der Waals surface area contributed by atoms with Crippen molar-refractivity contribution in [1.82, 2.24) is 5.32 Å². The van der Waals surface area contributed by atoms with Crippen LogP contribution >= 0.6 is 15.9 Å². The molecule has 0 radical (unpaired) electrons. The van der Waals surface area contributed by atoms with Gasteiger partial charge < -0.3 is 5.32 Å². The number of hydrogen-bond acceptors (Lipinski definition) is 1. The van der Waals surface area contributed by atoms with E-state index in [0.717, 1.165) is 19.5 Å². The van der Waals surface area contributed by atoms with Gasteiger partial charge in [-0.05, 0) is 65.8 Å². The van der Waals surface area contributed by atoms with E-state index in [1.165, 1.54) is 12.1 Å². The van der Waals surface area contributed by atoms with Gasteiger partial charge in [0, 0.05) is 5.56 Å². The Labute approximate surface area is 122 Å². The lowest BCUT2D eigenvalue weighted by Gasteiger charge is -2.20. The van der Waals surface area contributed by atoms with Gasteiger partial charge in [0.15, 0.2) is 0 Å². The van der Waals surface area contributed by atoms with Gasteiger partial charge >= 0.3 is 0 Å². The number of halogens is 3. The maximum absolute atomic E-state index is 14.0. The summed E-state index contributed by atoms with van der Waals surface area (Å²) in [7, 11) is 0. The van der Waals surface area contributed by atoms with Crippen molar-refractivity contribution in [3.8, 4) is 0 Å². The van der Waals surface area contributed by atoms with Crippen LogP contribution in [0.15, 0.2) is 16.6 Å². The Morgan fingerprint density at radius 1 is 1.26 bits per heavy atom. The number of nitrogens with one attached hydrogen (secondary N) is 1. The molecule has 0 aliphatic rings. The molecule has 19 heavy (non-hydrogen) atoms. The molecule has 0 bridgehead atoms. The van der Waals surface area contributed by atoms with Gasteiger partial charge in [-0.25, -0.2) is 8.78 Å². The monoisotopic (exact) mass is 333 g/mol. The summed E-state index contributed by atoms with van der Waals surface area (Å²) in [6.07, 6.45) is 1.39. The quantitative estimate of drug-likeness (QED) is 0.722. The molecular weight excluding hydrogens is 312 g/mol. The van der Waals surface area contributed by atoms with Crippen LogP contribution in [0.2, 0.25) is 0 Å². The molecule has 1 atom stereocenters. The first kappa shape index (κ1) is 16.6. The van der Waals surface area contributed by atoms with Gasteiger partial charge in [-0.15, -0.1) is 0 Å². The SMILES string of the molecule is CCNCC(Cc1c(F)ccc(Br)c1F)CC(C)C. The number of rotatable bonds is 7. The average molecular weight is 334 g/mol. The minimum absolute atomic E-state index is 0.193. The molecule has 0 amide bonds. The Morgan fingerprint density at radius 2 is 1.95 bits per heavy atom. The van der Waals surface area contributed by atoms with Gasteiger partial charge in [-0.1, -0.05) is 20.8 Å². The lowest BCUT2D eigenvalue weighted by atomic mass is 9.90. The highest BCUT2D eigenvalue weighted by atomic mass is 79.9. The van der Waals surface area contributed by atoms with Crippen LogP contribution in [-0.2, 0) is 6.42 Å². The van der Waals surface area contributed by atoms with Crippen LogP contribution < -0.4 is 5.32 Å². The van der Waals surface area contributed by atoms with Crippen LogP contribution in [0.25, 0.3) is 0 Å². The molecule has 108 valence electrons. The molecule has 1 aromatic rings. The van der Waals surface area contributed by atoms with E-state index < -0.39 is 11.6 Å². The Kier molecular flexibility index (Phi) is 6.94. The van der Waals surface area contributed by atoms with Crippen molar-refractivity contribution in [1.29, 1.82) is 0 Å². The summed E-state index contributed by atoms with van der Waals surface area (Å²) in [5.41, 5.74) is 0.193. The predicted molar refractivity (Wildman–Crippen MR) is 79.3 cm³/mol. The average Bonchev–Trinajstić information content (AvgIpc) is 2.35. The summed E-state index contributed by atoms with van der Waals surface area (Å²) in [5.74, 6) is -0.156. The molecule has 0 aromatic heterocycles. The molecule has 0 spiro atoms. The van der Waals surface area contributed by atoms with Crippen molar-refractivity contribution in [3.05, 3.63) is 33.8 Å². The molecule has 0 aliphatic carbocycles. The summed E-state index contributed by atoms with van der Waals surface area (Å²) in [6.45, 7) is 7.96. The van der Waals surface area contributed by atoms with Crippen LogP contribution in [0.1, 0.15) is 32.8 Å². The first-order valence-corrected chi connectivity index (χ1v) is 7.58. The normalized spacial score (nSPS) is 13.0. The standard InChI is InChI=1S/C15H22BrF2N/c1-4-19-9-11(7-10(2)3)8-12-14(17)6-5-13(16)15(12)18/h5-6,10-11,19H,4,7-9H2,1-3H3. The minimum Gasteiger partial charge on any atom is -0.317 e. The molecule has 1 nitrogen and oxygen atoms in total. The summed E-state index contributed by atoms with van der Waals surface area (Å²) in [5, 5.41) is 3.27. The number of hydrogen-bond donors (Lipinski definition) is 1. The third-order valence-electron chi connectivity index (χ3n) is 3.12. The second-order valence-electron chi connectivity index (χ2n) is 5.33. The molecule has 0 saturated carbocycles. The molecule has 1 rings (SSSR count). The topological polar surface area (TPSA) is 12.0 Å². The fourth-order valence-corrected chi connectivity index (χ4v) is 2.67. The zero-order chi connectivity index (χ0) is 14.4. The van der Waals surface area contributed by atoms with Gasteiger partial charge in [0.1, 0.15) is 11.6 Å². The van der Waals surface area contributed by atoms with Crippen molar-refractivity contribution in [3.63, 3.8) is 0 Å². The lowest BCUT2D eigenvalue weighted by Crippen LogP contribution is -2.26. The second kappa shape index (κ2) is 7.95. The Morgan fingerprint density at radius 3 is 2.53 bits per heavy atom. The van der Waals surface area contributed by atoms with Crippen molar-refractivity contribution >= 4 is 15.9 Å². The molecule has 0 aliphatic heterocycles. The summed E-state index contributed by atoms with van der Waals surface area (Å²) >= 11 is 3.12. The van der Waals surface area contributed by atoms with E-state index in [9.17, 15) is 8.78 Å². The molecule has 0 fully saturated rings. The molecule has 0 heterocycles. The van der Waals surface area contributed by atoms with E-state index in [0.29, 0.717) is 16.8 Å². The maximum atomic E-state index is 14.0. The van der Waals surface area contributed by atoms with Crippen molar-refractivity contribution in [2.45, 2.75) is 33.6 Å². The third-order valence-corrected chi connectivity index (χ3v) is 3.73. The van der Waals surface area contributed by atoms with E-state index in [1.807, 2.05) is 6.92 Å². The highest BCUT2D eigenvalue weighted by molar-refractivity contribution is 9.10. The fraction of sp³-hybridized carbons (Fsp3) is 0.600. The summed E-state index contributed by atoms with van der Waals surface area (Å²) in [4.78, 5) is 0. The third kappa shape index (κ3) is 5.19. The van der Waals surface area contributed by atoms with E-state index >= 15 is 0 Å². The molecule has 4 heteroatoms. The van der Waals surface area contributed by atoms with Crippen molar-refractivity contribution < 1.29 is 8.78 Å². The van der Waals surface area contributed by atoms with Crippen LogP contribution in [0, 0.1) is 23.5 Å². The minimum atomic E-state index is -0.467. The zero-order valence-corrected chi connectivity index (χ0v) is 13.4. The first-order valence-electron chi connectivity index (χ1n) is 6.78. The summed E-state index contributed by atoms with van der Waals surface area (Å²) in [6, 6.07) is 2.73. The van der Waals surface area contributed by atoms with Gasteiger partial charge in [0.25, 0.3) is 0 Å². The predicted octanol–water partition coefficient (Wildman–Crippen LogP) is 4.54. The first-order chi connectivity index (χ1) is 8.95. The highest BCUT2D eigenvalue weighted by Gasteiger charge is 2.18. The lowest BCUT2D eigenvalue weighted by molar-refractivity contribution is 0.377. The van der Waals surface area contributed by atoms with E-state index in [1.54, 1.807) is 0 Å². The zero-order valence-electron chi connectivity index (χ0n) is 11.8. The second-order valence-corrected chi connectivity index (χ2v) is 6.18. The molecule has 0 saturated heterocycles. The van der Waals surface area contributed by atoms with E-state index in [4.69, 9.17) is 0 Å². The van der Waals surface area contributed by atoms with Gasteiger partial charge in [0.2, 0.25) is 0 Å². The molecule has 1 aromatic carbocycles. The van der Waals surface area contributed by atoms with Crippen molar-refractivity contribution in [2.75, 3.05) is 13.1 Å². The highest BCUT2D eigenvalue weighted by Crippen LogP contribution is 2.25. The largest absolute Gasteiger partial charge is 0.317 e. The van der Waals surface area contributed by atoms with Crippen molar-refractivity contribution in [2.24, 2.45) is 11.8 Å². The summed E-state index contributed by atoms with van der Waals surface area (Å²) < 4.78 is 28.1. The van der Waals surface area contributed by atoms with E-state index in [2.05, 4.69) is 35.1 Å². The molecule has 1 N–H and O–H groups in total. The van der Waals surface area contributed by atoms with Gasteiger partial charge in [0.05, 0.1) is 4.47 Å². The Balaban J connectivity index is 2.85. The van der Waals surface area contributed by atoms with Crippen LogP contribution in [-0.4, -0.2) is 13.1 Å². The van der Waals surface area contributed by atoms with Gasteiger partial charge in [-0.3, -0.25) is 0 Å². The van der Waals surface area contributed by atoms with Crippen LogP contribution in [0.5, 0.6) is 0 Å². The Bertz CT molecular complexity index is 407. The van der Waals surface area contributed by atoms with Crippen LogP contribution in [0.3, 0.4) is 0 Å². The molecular formula is C15H22BrF2N. The maximum Gasteiger partial charge on any atom is 0.143 e. The number of benzene rings is 1. The fourth-order valence-electron chi connectivity index (χ4n) is 2.30.